The van der Waals surface area contributed by atoms with Crippen molar-refractivity contribution < 1.29 is 14.6 Å². The van der Waals surface area contributed by atoms with Crippen molar-refractivity contribution in [3.05, 3.63) is 88.8 Å². The number of nitrogens with one attached hydrogen (secondary N) is 1. The van der Waals surface area contributed by atoms with Crippen LogP contribution in [0.15, 0.2) is 67.0 Å². The number of hydrogen-bond acceptors (Lipinski definition) is 7. The molecule has 0 radical (unpaired) electrons. The molecule has 8 heteroatoms. The van der Waals surface area contributed by atoms with Crippen LogP contribution in [0.25, 0.3) is 21.6 Å². The van der Waals surface area contributed by atoms with Crippen molar-refractivity contribution in [2.75, 3.05) is 6.61 Å². The second-order valence-corrected chi connectivity index (χ2v) is 13.3. The van der Waals surface area contributed by atoms with Crippen LogP contribution in [0, 0.1) is 12.8 Å². The number of carbonyl (C=O) groups is 1. The fourth-order valence-electron chi connectivity index (χ4n) is 4.43. The van der Waals surface area contributed by atoms with E-state index in [1.54, 1.807) is 11.3 Å². The van der Waals surface area contributed by atoms with Crippen molar-refractivity contribution in [2.45, 2.75) is 45.0 Å². The molecule has 1 aliphatic heterocycles. The summed E-state index contributed by atoms with van der Waals surface area (Å²) in [7, 11) is 0. The summed E-state index contributed by atoms with van der Waals surface area (Å²) in [6.45, 7) is 8.54. The molecule has 2 N–H and O–H groups in total. The number of amides is 1. The second-order valence-electron chi connectivity index (χ2n) is 10.4. The summed E-state index contributed by atoms with van der Waals surface area (Å²) in [6.07, 6.45) is 3.68. The fraction of sp³-hybridized carbons (Fsp3) is 0.300. The third kappa shape index (κ3) is 5.93. The Labute approximate surface area is 231 Å². The first-order valence-electron chi connectivity index (χ1n) is 12.6. The van der Waals surface area contributed by atoms with Crippen LogP contribution in [-0.4, -0.2) is 32.3 Å². The van der Waals surface area contributed by atoms with Crippen LogP contribution in [0.5, 0.6) is 5.75 Å². The number of hydrogen-bond donors (Lipinski definition) is 2. The minimum atomic E-state index is -0.667. The molecular weight excluding hydrogens is 514 g/mol. The Balaban J connectivity index is 1.31. The standard InChI is InChI=1S/C30H31N3O3S2/c1-18-31-16-27(37-18)20-9-11-22(32-15-20)13-21-17-36-26-14-19(10-12-25(26)28(21)34)23-7-5-6-8-24(23)29(35)33-38-30(2,3)4/h5-12,14-16,21,28,34H,13,17H2,1-4H3,(H,33,35)/t21-,28+/m1/s1. The van der Waals surface area contributed by atoms with Gasteiger partial charge in [-0.2, -0.15) is 0 Å². The number of pyridine rings is 1. The third-order valence-corrected chi connectivity index (χ3v) is 8.23. The van der Waals surface area contributed by atoms with Crippen LogP contribution in [0.1, 0.15) is 53.5 Å². The van der Waals surface area contributed by atoms with Crippen molar-refractivity contribution in [3.8, 4) is 27.3 Å². The van der Waals surface area contributed by atoms with Gasteiger partial charge in [0.15, 0.2) is 0 Å². The Morgan fingerprint density at radius 2 is 1.89 bits per heavy atom. The van der Waals surface area contributed by atoms with Gasteiger partial charge in [-0.1, -0.05) is 36.4 Å². The van der Waals surface area contributed by atoms with Gasteiger partial charge in [0.25, 0.3) is 5.91 Å². The molecule has 196 valence electrons. The number of aryl methyl sites for hydroxylation is 1. The zero-order valence-corrected chi connectivity index (χ0v) is 23.5. The van der Waals surface area contributed by atoms with Gasteiger partial charge in [0, 0.05) is 45.4 Å². The SMILES string of the molecule is Cc1ncc(-c2ccc(C[C@@H]3COc4cc(-c5ccccc5C(=O)NSC(C)(C)C)ccc4[C@H]3O)nc2)s1. The fourth-order valence-corrected chi connectivity index (χ4v) is 5.70. The summed E-state index contributed by atoms with van der Waals surface area (Å²) in [4.78, 5) is 23.0. The topological polar surface area (TPSA) is 84.3 Å². The number of aromatic nitrogens is 2. The predicted octanol–water partition coefficient (Wildman–Crippen LogP) is 6.64. The zero-order chi connectivity index (χ0) is 26.9. The highest BCUT2D eigenvalue weighted by molar-refractivity contribution is 7.99. The highest BCUT2D eigenvalue weighted by atomic mass is 32.2. The maximum Gasteiger partial charge on any atom is 0.261 e. The third-order valence-electron chi connectivity index (χ3n) is 6.37. The van der Waals surface area contributed by atoms with Gasteiger partial charge in [-0.05, 0) is 75.4 Å². The molecule has 6 nitrogen and oxygen atoms in total. The van der Waals surface area contributed by atoms with E-state index in [2.05, 4.69) is 41.5 Å². The van der Waals surface area contributed by atoms with Crippen molar-refractivity contribution in [1.29, 1.82) is 0 Å². The molecule has 38 heavy (non-hydrogen) atoms. The molecule has 1 amide bonds. The van der Waals surface area contributed by atoms with Gasteiger partial charge in [-0.15, -0.1) is 11.3 Å². The van der Waals surface area contributed by atoms with Crippen LogP contribution in [0.4, 0.5) is 0 Å². The molecule has 0 saturated heterocycles. The Morgan fingerprint density at radius 1 is 1.11 bits per heavy atom. The number of nitrogens with zero attached hydrogens (tertiary/aromatic N) is 2. The maximum atomic E-state index is 12.9. The molecule has 4 aromatic rings. The number of carbonyl (C=O) groups excluding carboxylic acids is 1. The van der Waals surface area contributed by atoms with Gasteiger partial charge in [0.1, 0.15) is 5.75 Å². The number of aliphatic hydroxyl groups excluding tert-OH is 1. The average Bonchev–Trinajstić information content (AvgIpc) is 3.35. The van der Waals surface area contributed by atoms with Crippen LogP contribution in [0.3, 0.4) is 0 Å². The molecule has 0 aliphatic carbocycles. The molecule has 3 heterocycles. The number of rotatable bonds is 6. The molecule has 2 aromatic heterocycles. The van der Waals surface area contributed by atoms with E-state index in [0.717, 1.165) is 37.8 Å². The molecule has 5 rings (SSSR count). The van der Waals surface area contributed by atoms with E-state index < -0.39 is 6.10 Å². The molecule has 0 saturated carbocycles. The minimum absolute atomic E-state index is 0.0881. The Bertz CT molecular complexity index is 1440. The number of thiazole rings is 1. The van der Waals surface area contributed by atoms with E-state index in [1.165, 1.54) is 11.9 Å². The first kappa shape index (κ1) is 26.4. The molecular formula is C30H31N3O3S2. The first-order valence-corrected chi connectivity index (χ1v) is 14.2. The molecule has 2 atom stereocenters. The van der Waals surface area contributed by atoms with Gasteiger partial charge in [-0.25, -0.2) is 4.98 Å². The Kier molecular flexibility index (Phi) is 7.56. The average molecular weight is 546 g/mol. The van der Waals surface area contributed by atoms with Crippen molar-refractivity contribution >= 4 is 29.2 Å². The lowest BCUT2D eigenvalue weighted by Crippen LogP contribution is -2.28. The molecule has 0 spiro atoms. The van der Waals surface area contributed by atoms with Crippen LogP contribution in [-0.2, 0) is 6.42 Å². The Morgan fingerprint density at radius 3 is 2.61 bits per heavy atom. The molecule has 0 bridgehead atoms. The molecule has 1 aliphatic rings. The minimum Gasteiger partial charge on any atom is -0.493 e. The van der Waals surface area contributed by atoms with E-state index in [0.29, 0.717) is 24.3 Å². The van der Waals surface area contributed by atoms with Gasteiger partial charge in [-0.3, -0.25) is 14.5 Å². The number of aliphatic hydroxyl groups is 1. The number of fused-ring (bicyclic) bond motifs is 1. The van der Waals surface area contributed by atoms with E-state index in [1.807, 2.05) is 67.8 Å². The number of benzene rings is 2. The lowest BCUT2D eigenvalue weighted by atomic mass is 9.88. The van der Waals surface area contributed by atoms with Crippen molar-refractivity contribution in [3.63, 3.8) is 0 Å². The molecule has 0 fully saturated rings. The van der Waals surface area contributed by atoms with E-state index in [4.69, 9.17) is 4.74 Å². The van der Waals surface area contributed by atoms with Crippen LogP contribution >= 0.6 is 23.3 Å². The van der Waals surface area contributed by atoms with Gasteiger partial charge in [0.05, 0.1) is 22.6 Å². The predicted molar refractivity (Wildman–Crippen MR) is 154 cm³/mol. The van der Waals surface area contributed by atoms with Gasteiger partial charge >= 0.3 is 0 Å². The zero-order valence-electron chi connectivity index (χ0n) is 21.9. The van der Waals surface area contributed by atoms with Crippen molar-refractivity contribution in [1.82, 2.24) is 14.7 Å². The quantitative estimate of drug-likeness (QED) is 0.264. The number of ether oxygens (including phenoxy) is 1. The van der Waals surface area contributed by atoms with Gasteiger partial charge < -0.3 is 9.84 Å². The first-order chi connectivity index (χ1) is 18.2. The summed E-state index contributed by atoms with van der Waals surface area (Å²) in [5.74, 6) is 0.405. The second kappa shape index (κ2) is 10.9. The highest BCUT2D eigenvalue weighted by Crippen LogP contribution is 2.40. The summed E-state index contributed by atoms with van der Waals surface area (Å²) in [5.41, 5.74) is 5.01. The van der Waals surface area contributed by atoms with Crippen LogP contribution in [0.2, 0.25) is 0 Å². The molecule has 2 aromatic carbocycles. The Hall–Kier alpha value is -3.20. The largest absolute Gasteiger partial charge is 0.493 e. The monoisotopic (exact) mass is 545 g/mol. The molecule has 0 unspecified atom stereocenters. The lowest BCUT2D eigenvalue weighted by molar-refractivity contribution is 0.0503. The highest BCUT2D eigenvalue weighted by Gasteiger charge is 2.30. The maximum absolute atomic E-state index is 12.9. The van der Waals surface area contributed by atoms with Crippen LogP contribution < -0.4 is 9.46 Å². The summed E-state index contributed by atoms with van der Waals surface area (Å²) < 4.78 is 9.00. The summed E-state index contributed by atoms with van der Waals surface area (Å²) in [5, 5.41) is 12.2. The van der Waals surface area contributed by atoms with E-state index >= 15 is 0 Å². The van der Waals surface area contributed by atoms with Gasteiger partial charge in [0.2, 0.25) is 0 Å². The lowest BCUT2D eigenvalue weighted by Gasteiger charge is -2.30. The summed E-state index contributed by atoms with van der Waals surface area (Å²) >= 11 is 3.05. The normalized spacial score (nSPS) is 17.0. The van der Waals surface area contributed by atoms with E-state index in [-0.39, 0.29) is 16.6 Å². The van der Waals surface area contributed by atoms with E-state index in [9.17, 15) is 9.90 Å². The summed E-state index contributed by atoms with van der Waals surface area (Å²) in [6, 6.07) is 17.4. The smallest absolute Gasteiger partial charge is 0.261 e. The van der Waals surface area contributed by atoms with Crippen molar-refractivity contribution in [2.24, 2.45) is 5.92 Å².